The first-order chi connectivity index (χ1) is 39.4. The van der Waals surface area contributed by atoms with Crippen LogP contribution in [0.3, 0.4) is 0 Å². The van der Waals surface area contributed by atoms with Crippen LogP contribution >= 0.6 is 15.9 Å². The van der Waals surface area contributed by atoms with Gasteiger partial charge in [-0.05, 0) is 87.3 Å². The van der Waals surface area contributed by atoms with E-state index >= 15 is 4.39 Å². The molecule has 24 heteroatoms. The number of benzene rings is 4. The van der Waals surface area contributed by atoms with Gasteiger partial charge in [-0.1, -0.05) is 83.7 Å². The molecule has 2 N–H and O–H groups in total. The predicted molar refractivity (Wildman–Crippen MR) is 296 cm³/mol. The quantitative estimate of drug-likeness (QED) is 0.0654. The number of urea groups is 2. The molecule has 0 spiro atoms. The number of likely N-dealkylation sites (tertiary alicyclic amines) is 1. The molecule has 0 bridgehead atoms. The number of piperidine rings is 1. The molecule has 5 heterocycles. The Morgan fingerprint density at radius 1 is 0.568 bits per heavy atom. The van der Waals surface area contributed by atoms with Gasteiger partial charge in [-0.25, -0.2) is 18.4 Å². The summed E-state index contributed by atoms with van der Waals surface area (Å²) in [6.07, 6.45) is 3.60. The number of nitrogens with one attached hydrogen (secondary N) is 2. The Kier molecular flexibility index (Phi) is 23.3. The number of morpholine rings is 2. The third-order valence-electron chi connectivity index (χ3n) is 14.5. The van der Waals surface area contributed by atoms with Crippen molar-refractivity contribution in [3.05, 3.63) is 132 Å². The van der Waals surface area contributed by atoms with Crippen LogP contribution in [0.4, 0.5) is 47.3 Å². The summed E-state index contributed by atoms with van der Waals surface area (Å²) in [4.78, 5) is 36.2. The number of amides is 4. The Bertz CT molecular complexity index is 2840. The van der Waals surface area contributed by atoms with Crippen LogP contribution in [0.25, 0.3) is 22.9 Å². The van der Waals surface area contributed by atoms with E-state index in [0.717, 1.165) is 90.2 Å². The van der Waals surface area contributed by atoms with Crippen LogP contribution in [0.1, 0.15) is 80.7 Å². The van der Waals surface area contributed by atoms with Crippen molar-refractivity contribution in [2.75, 3.05) is 100 Å². The summed E-state index contributed by atoms with van der Waals surface area (Å²) in [5.74, 6) is -3.32. The van der Waals surface area contributed by atoms with Crippen LogP contribution < -0.4 is 20.4 Å². The Morgan fingerprint density at radius 3 is 1.41 bits per heavy atom. The van der Waals surface area contributed by atoms with Crippen molar-refractivity contribution in [3.63, 3.8) is 0 Å². The highest BCUT2D eigenvalue weighted by Gasteiger charge is 2.28. The summed E-state index contributed by atoms with van der Waals surface area (Å²) >= 11 is 3.24. The third-order valence-corrected chi connectivity index (χ3v) is 14.9. The second-order valence-electron chi connectivity index (χ2n) is 19.8. The lowest BCUT2D eigenvalue weighted by Crippen LogP contribution is -2.50. The molecule has 17 nitrogen and oxygen atoms in total. The van der Waals surface area contributed by atoms with Crippen molar-refractivity contribution in [2.24, 2.45) is 0 Å². The van der Waals surface area contributed by atoms with Gasteiger partial charge < -0.3 is 33.8 Å². The molecule has 436 valence electrons. The van der Waals surface area contributed by atoms with E-state index in [0.29, 0.717) is 35.8 Å². The smallest absolute Gasteiger partial charge is 0.322 e. The molecule has 4 amide bonds. The minimum atomic E-state index is -2.91. The van der Waals surface area contributed by atoms with Gasteiger partial charge in [-0.15, -0.1) is 20.4 Å². The highest BCUT2D eigenvalue weighted by Crippen LogP contribution is 2.29. The van der Waals surface area contributed by atoms with Crippen molar-refractivity contribution >= 4 is 39.4 Å². The molecule has 1 aliphatic carbocycles. The van der Waals surface area contributed by atoms with Gasteiger partial charge in [0.15, 0.2) is 0 Å². The number of nitrogens with zero attached hydrogens (tertiary/aromatic N) is 9. The van der Waals surface area contributed by atoms with Crippen LogP contribution in [-0.2, 0) is 22.6 Å². The summed E-state index contributed by atoms with van der Waals surface area (Å²) in [6.45, 7) is 11.4. The molecular weight excluding hydrogens is 1130 g/mol. The van der Waals surface area contributed by atoms with Crippen LogP contribution in [0.2, 0.25) is 0 Å². The Morgan fingerprint density at radius 2 is 1.00 bits per heavy atom. The van der Waals surface area contributed by atoms with Crippen LogP contribution in [0, 0.1) is 11.6 Å². The van der Waals surface area contributed by atoms with Crippen LogP contribution in [0.5, 0.6) is 0 Å². The monoisotopic (exact) mass is 1200 g/mol. The van der Waals surface area contributed by atoms with Gasteiger partial charge in [0.1, 0.15) is 11.6 Å². The van der Waals surface area contributed by atoms with E-state index in [-0.39, 0.29) is 59.2 Å². The predicted octanol–water partition coefficient (Wildman–Crippen LogP) is 10.9. The normalized spacial score (nSPS) is 16.8. The molecule has 4 fully saturated rings. The zero-order valence-electron chi connectivity index (χ0n) is 44.9. The molecule has 1 saturated carbocycles. The minimum Gasteiger partial charge on any atom is -0.415 e. The van der Waals surface area contributed by atoms with Crippen LogP contribution in [-0.4, -0.2) is 150 Å². The SMILES string of the molecule is C1CCC(N2CCOCC2)CC1.O=C(NCCBr)N(Cc1ccc(-c2nnc(C(F)F)o2)cc1F)c1ccccc1.O=C(NCCN1CCC(N2CCOCC2)CC1)N(Cc1ccc(-c2nnc(C(F)F)o2)cc1F)c1ccccc1. The first-order valence-corrected chi connectivity index (χ1v) is 28.5. The third kappa shape index (κ3) is 17.8. The highest BCUT2D eigenvalue weighted by atomic mass is 79.9. The van der Waals surface area contributed by atoms with Crippen LogP contribution in [0.15, 0.2) is 106 Å². The molecule has 4 aliphatic rings. The van der Waals surface area contributed by atoms with E-state index < -0.39 is 36.3 Å². The molecule has 81 heavy (non-hydrogen) atoms. The number of aromatic nitrogens is 4. The lowest BCUT2D eigenvalue weighted by atomic mass is 9.94. The number of anilines is 2. The molecule has 3 saturated heterocycles. The fourth-order valence-electron chi connectivity index (χ4n) is 10.1. The van der Waals surface area contributed by atoms with E-state index in [1.54, 1.807) is 36.4 Å². The number of halogens is 7. The molecule has 4 aromatic carbocycles. The maximum Gasteiger partial charge on any atom is 0.322 e. The van der Waals surface area contributed by atoms with Gasteiger partial charge in [0, 0.05) is 96.9 Å². The van der Waals surface area contributed by atoms with E-state index in [1.165, 1.54) is 79.3 Å². The molecule has 0 atom stereocenters. The van der Waals surface area contributed by atoms with Crippen molar-refractivity contribution in [3.8, 4) is 22.9 Å². The molecule has 6 aromatic rings. The number of carbonyl (C=O) groups excluding carboxylic acids is 2. The Hall–Kier alpha value is -6.44. The largest absolute Gasteiger partial charge is 0.415 e. The fourth-order valence-corrected chi connectivity index (χ4v) is 10.3. The number of hydrogen-bond donors (Lipinski definition) is 2. The summed E-state index contributed by atoms with van der Waals surface area (Å²) in [6, 6.07) is 26.8. The molecule has 10 rings (SSSR count). The number of hydrogen-bond acceptors (Lipinski definition) is 13. The lowest BCUT2D eigenvalue weighted by molar-refractivity contribution is 0.00108. The number of ether oxygens (including phenoxy) is 2. The van der Waals surface area contributed by atoms with Gasteiger partial charge in [-0.2, -0.15) is 17.6 Å². The lowest BCUT2D eigenvalue weighted by Gasteiger charge is -2.40. The average molecular weight is 1200 g/mol. The van der Waals surface area contributed by atoms with Gasteiger partial charge in [0.2, 0.25) is 11.8 Å². The number of alkyl halides is 5. The molecule has 2 aromatic heterocycles. The average Bonchev–Trinajstić information content (AvgIpc) is 4.24. The summed E-state index contributed by atoms with van der Waals surface area (Å²) in [5, 5.41) is 19.9. The summed E-state index contributed by atoms with van der Waals surface area (Å²) < 4.78 is 101. The first kappa shape index (κ1) is 60.7. The molecular formula is C57H68BrF6N11O6. The van der Waals surface area contributed by atoms with E-state index in [9.17, 15) is 31.5 Å². The minimum absolute atomic E-state index is 0.0287. The standard InChI is InChI=1S/C28H33F3N6O3.C19H16BrF3N4O2.C10H19NO/c29-24-18-20(26-33-34-27(40-26)25(30)31)6-7-21(24)19-37(23-4-2-1-3-5-23)28(38)32-10-13-35-11-8-22(9-12-35)36-14-16-39-17-15-36;20-8-9-24-19(28)27(14-4-2-1-3-5-14)11-13-7-6-12(10-15(13)21)17-25-26-18(29-17)16(22)23;1-2-4-10(5-3-1)11-6-8-12-9-7-11/h1-7,18,22,25H,8-17,19H2,(H,32,38);1-7,10,16H,8-9,11H2,(H,24,28);10H,1-9H2. The number of para-hydroxylation sites is 2. The van der Waals surface area contributed by atoms with E-state index in [4.69, 9.17) is 18.3 Å². The number of carbonyl (C=O) groups is 2. The first-order valence-electron chi connectivity index (χ1n) is 27.4. The van der Waals surface area contributed by atoms with E-state index in [1.807, 2.05) is 24.3 Å². The molecule has 0 radical (unpaired) electrons. The zero-order valence-corrected chi connectivity index (χ0v) is 46.5. The second kappa shape index (κ2) is 31.1. The maximum absolute atomic E-state index is 15.1. The van der Waals surface area contributed by atoms with Gasteiger partial charge in [0.05, 0.1) is 39.5 Å². The van der Waals surface area contributed by atoms with Crippen molar-refractivity contribution in [1.82, 2.24) is 45.7 Å². The van der Waals surface area contributed by atoms with Crippen molar-refractivity contribution < 1.29 is 54.2 Å². The molecule has 3 aliphatic heterocycles. The number of rotatable bonds is 17. The fraction of sp³-hybridized carbons (Fsp3) is 0.474. The molecule has 0 unspecified atom stereocenters. The topological polar surface area (TPSA) is 171 Å². The van der Waals surface area contributed by atoms with Crippen molar-refractivity contribution in [1.29, 1.82) is 0 Å². The van der Waals surface area contributed by atoms with E-state index in [2.05, 4.69) is 61.7 Å². The van der Waals surface area contributed by atoms with Crippen molar-refractivity contribution in [2.45, 2.75) is 83.0 Å². The zero-order chi connectivity index (χ0) is 56.9. The van der Waals surface area contributed by atoms with Gasteiger partial charge in [-0.3, -0.25) is 19.6 Å². The van der Waals surface area contributed by atoms with Gasteiger partial charge >= 0.3 is 24.9 Å². The summed E-state index contributed by atoms with van der Waals surface area (Å²) in [7, 11) is 0. The second-order valence-corrected chi connectivity index (χ2v) is 20.6. The van der Waals surface area contributed by atoms with Gasteiger partial charge in [0.25, 0.3) is 11.8 Å². The highest BCUT2D eigenvalue weighted by molar-refractivity contribution is 9.09. The maximum atomic E-state index is 15.1. The Labute approximate surface area is 475 Å². The summed E-state index contributed by atoms with van der Waals surface area (Å²) in [5.41, 5.74) is 2.05. The Balaban J connectivity index is 0.000000182.